The van der Waals surface area contributed by atoms with Crippen molar-refractivity contribution < 1.29 is 0 Å². The summed E-state index contributed by atoms with van der Waals surface area (Å²) in [6, 6.07) is 36.8. The van der Waals surface area contributed by atoms with Crippen molar-refractivity contribution in [3.63, 3.8) is 0 Å². The molecule has 0 aliphatic heterocycles. The van der Waals surface area contributed by atoms with Gasteiger partial charge in [-0.05, 0) is 40.3 Å². The van der Waals surface area contributed by atoms with Crippen molar-refractivity contribution in [2.45, 2.75) is 12.3 Å². The Labute approximate surface area is 149 Å². The van der Waals surface area contributed by atoms with E-state index in [1.807, 2.05) is 0 Å². The van der Waals surface area contributed by atoms with Crippen LogP contribution in [0, 0.1) is 6.42 Å². The highest BCUT2D eigenvalue weighted by Crippen LogP contribution is 2.30. The summed E-state index contributed by atoms with van der Waals surface area (Å²) < 4.78 is 0. The fourth-order valence-corrected chi connectivity index (χ4v) is 3.42. The molecule has 0 spiro atoms. The fourth-order valence-electron chi connectivity index (χ4n) is 3.42. The largest absolute Gasteiger partial charge is 0.0622 e. The van der Waals surface area contributed by atoms with Crippen LogP contribution in [0.3, 0.4) is 0 Å². The van der Waals surface area contributed by atoms with E-state index in [9.17, 15) is 0 Å². The van der Waals surface area contributed by atoms with E-state index in [0.717, 1.165) is 6.42 Å². The number of fused-ring (bicyclic) bond motifs is 1. The lowest BCUT2D eigenvalue weighted by Gasteiger charge is -2.18. The molecule has 0 N–H and O–H groups in total. The minimum Gasteiger partial charge on any atom is -0.0622 e. The molecule has 25 heavy (non-hydrogen) atoms. The van der Waals surface area contributed by atoms with E-state index in [1.54, 1.807) is 0 Å². The zero-order chi connectivity index (χ0) is 16.9. The first-order valence-corrected chi connectivity index (χ1v) is 8.82. The van der Waals surface area contributed by atoms with Gasteiger partial charge in [0.15, 0.2) is 0 Å². The van der Waals surface area contributed by atoms with Crippen LogP contribution < -0.4 is 0 Å². The maximum atomic E-state index is 2.36. The molecule has 0 aliphatic carbocycles. The molecule has 0 aromatic heterocycles. The Morgan fingerprint density at radius 2 is 1.12 bits per heavy atom. The van der Waals surface area contributed by atoms with Crippen LogP contribution >= 0.6 is 0 Å². The highest BCUT2D eigenvalue weighted by molar-refractivity contribution is 5.83. The minimum atomic E-state index is 0.383. The molecule has 0 nitrogen and oxygen atoms in total. The number of hydrogen-bond donors (Lipinski definition) is 0. The number of benzene rings is 4. The van der Waals surface area contributed by atoms with E-state index in [4.69, 9.17) is 0 Å². The van der Waals surface area contributed by atoms with Gasteiger partial charge >= 0.3 is 0 Å². The van der Waals surface area contributed by atoms with Crippen LogP contribution in [0.1, 0.15) is 29.0 Å². The van der Waals surface area contributed by atoms with Crippen molar-refractivity contribution in [3.8, 4) is 0 Å². The van der Waals surface area contributed by atoms with Gasteiger partial charge in [0, 0.05) is 5.92 Å². The van der Waals surface area contributed by atoms with Crippen molar-refractivity contribution in [2.75, 3.05) is 0 Å². The van der Waals surface area contributed by atoms with Crippen LogP contribution in [0.15, 0.2) is 103 Å². The first-order valence-electron chi connectivity index (χ1n) is 8.82. The maximum absolute atomic E-state index is 2.36. The monoisotopic (exact) mass is 321 g/mol. The van der Waals surface area contributed by atoms with E-state index in [1.165, 1.54) is 27.5 Å². The Morgan fingerprint density at radius 3 is 1.76 bits per heavy atom. The molecule has 4 aromatic rings. The minimum absolute atomic E-state index is 0.383. The third kappa shape index (κ3) is 3.64. The molecule has 0 heterocycles. The molecule has 0 fully saturated rings. The highest BCUT2D eigenvalue weighted by Gasteiger charge is 2.14. The Hall–Kier alpha value is -2.86. The van der Waals surface area contributed by atoms with E-state index in [2.05, 4.69) is 110 Å². The quantitative estimate of drug-likeness (QED) is 0.388. The van der Waals surface area contributed by atoms with Crippen LogP contribution in [-0.2, 0) is 0 Å². The van der Waals surface area contributed by atoms with Crippen molar-refractivity contribution >= 4 is 10.8 Å². The van der Waals surface area contributed by atoms with Gasteiger partial charge in [-0.2, -0.15) is 0 Å². The molecule has 0 aliphatic rings. The van der Waals surface area contributed by atoms with E-state index < -0.39 is 0 Å². The van der Waals surface area contributed by atoms with Crippen LogP contribution in [0.25, 0.3) is 10.8 Å². The first-order chi connectivity index (χ1) is 12.4. The predicted octanol–water partition coefficient (Wildman–Crippen LogP) is 6.61. The van der Waals surface area contributed by atoms with Crippen molar-refractivity contribution in [1.29, 1.82) is 0 Å². The third-order valence-corrected chi connectivity index (χ3v) is 4.77. The summed E-state index contributed by atoms with van der Waals surface area (Å²) in [4.78, 5) is 0. The van der Waals surface area contributed by atoms with Gasteiger partial charge in [-0.3, -0.25) is 0 Å². The van der Waals surface area contributed by atoms with Crippen molar-refractivity contribution in [2.24, 2.45) is 0 Å². The molecule has 0 saturated carbocycles. The Morgan fingerprint density at radius 1 is 0.560 bits per heavy atom. The summed E-state index contributed by atoms with van der Waals surface area (Å²) in [5.74, 6) is 0.383. The number of rotatable bonds is 5. The van der Waals surface area contributed by atoms with Crippen molar-refractivity contribution in [3.05, 3.63) is 126 Å². The van der Waals surface area contributed by atoms with Crippen molar-refractivity contribution in [1.82, 2.24) is 0 Å². The lowest BCUT2D eigenvalue weighted by molar-refractivity contribution is 0.800. The van der Waals surface area contributed by atoms with Crippen LogP contribution in [-0.4, -0.2) is 0 Å². The normalized spacial score (nSPS) is 11.1. The molecule has 0 atom stereocenters. The Balaban J connectivity index is 1.60. The average molecular weight is 321 g/mol. The maximum Gasteiger partial charge on any atom is 0.00953 e. The smallest absolute Gasteiger partial charge is 0.00953 e. The first kappa shape index (κ1) is 15.7. The molecular formula is C25H21. The highest BCUT2D eigenvalue weighted by atomic mass is 14.2. The molecule has 0 unspecified atom stereocenters. The van der Waals surface area contributed by atoms with Gasteiger partial charge in [-0.25, -0.2) is 0 Å². The van der Waals surface area contributed by atoms with Gasteiger partial charge in [0.25, 0.3) is 0 Å². The van der Waals surface area contributed by atoms with Gasteiger partial charge in [-0.1, -0.05) is 103 Å². The molecule has 0 heteroatoms. The Bertz CT molecular complexity index is 900. The van der Waals surface area contributed by atoms with Crippen LogP contribution in [0.4, 0.5) is 0 Å². The summed E-state index contributed by atoms with van der Waals surface area (Å²) >= 11 is 0. The molecule has 1 radical (unpaired) electrons. The summed E-state index contributed by atoms with van der Waals surface area (Å²) in [5, 5.41) is 2.59. The van der Waals surface area contributed by atoms with Gasteiger partial charge in [0.05, 0.1) is 0 Å². The summed E-state index contributed by atoms with van der Waals surface area (Å²) in [7, 11) is 0. The average Bonchev–Trinajstić information content (AvgIpc) is 2.70. The van der Waals surface area contributed by atoms with Crippen LogP contribution in [0.5, 0.6) is 0 Å². The molecule has 0 amide bonds. The van der Waals surface area contributed by atoms with Gasteiger partial charge in [0.2, 0.25) is 0 Å². The zero-order valence-electron chi connectivity index (χ0n) is 14.2. The summed E-state index contributed by atoms with van der Waals surface area (Å²) in [6.45, 7) is 0. The van der Waals surface area contributed by atoms with E-state index in [-0.39, 0.29) is 0 Å². The second-order valence-corrected chi connectivity index (χ2v) is 6.42. The molecule has 4 rings (SSSR count). The van der Waals surface area contributed by atoms with Gasteiger partial charge < -0.3 is 0 Å². The lowest BCUT2D eigenvalue weighted by atomic mass is 9.86. The predicted molar refractivity (Wildman–Crippen MR) is 107 cm³/mol. The topological polar surface area (TPSA) is 0 Å². The second-order valence-electron chi connectivity index (χ2n) is 6.42. The molecule has 121 valence electrons. The van der Waals surface area contributed by atoms with Gasteiger partial charge in [-0.15, -0.1) is 0 Å². The van der Waals surface area contributed by atoms with E-state index >= 15 is 0 Å². The third-order valence-electron chi connectivity index (χ3n) is 4.77. The van der Waals surface area contributed by atoms with Gasteiger partial charge in [0.1, 0.15) is 0 Å². The standard InChI is InChI=1S/C25H21/c1-3-10-22(11-4-1)25(23-12-5-2-6-13-23)18-16-20-15-17-21-9-7-8-14-24(21)19-20/h1-17,19,25H,18H2. The Kier molecular flexibility index (Phi) is 4.61. The molecular weight excluding hydrogens is 300 g/mol. The van der Waals surface area contributed by atoms with Crippen LogP contribution in [0.2, 0.25) is 0 Å². The second kappa shape index (κ2) is 7.36. The zero-order valence-corrected chi connectivity index (χ0v) is 14.2. The summed E-state index contributed by atoms with van der Waals surface area (Å²) in [6.07, 6.45) is 3.35. The molecule has 0 bridgehead atoms. The SMILES string of the molecule is [CH](CC(c1ccccc1)c1ccccc1)c1ccc2ccccc2c1. The lowest BCUT2D eigenvalue weighted by Crippen LogP contribution is -2.02. The molecule has 0 saturated heterocycles. The summed E-state index contributed by atoms with van der Waals surface area (Å²) in [5.41, 5.74) is 4.02. The van der Waals surface area contributed by atoms with E-state index in [0.29, 0.717) is 5.92 Å². The fraction of sp³-hybridized carbons (Fsp3) is 0.0800. The number of hydrogen-bond acceptors (Lipinski definition) is 0. The molecule has 4 aromatic carbocycles.